The van der Waals surface area contributed by atoms with Crippen molar-refractivity contribution in [3.8, 4) is 0 Å². The average molecular weight is 478 g/mol. The fourth-order valence-corrected chi connectivity index (χ4v) is 2.75. The number of ether oxygens (including phenoxy) is 3. The molecule has 0 radical (unpaired) electrons. The lowest BCUT2D eigenvalue weighted by Crippen LogP contribution is -2.46. The van der Waals surface area contributed by atoms with Crippen LogP contribution in [0.15, 0.2) is 0 Å². The van der Waals surface area contributed by atoms with Crippen LogP contribution >= 0.6 is 0 Å². The molecule has 0 aliphatic carbocycles. The molecular weight excluding hydrogens is 429 g/mol. The predicted molar refractivity (Wildman–Crippen MR) is 129 cm³/mol. The van der Waals surface area contributed by atoms with Crippen molar-refractivity contribution in [3.63, 3.8) is 0 Å². The second-order valence-electron chi connectivity index (χ2n) is 8.99. The van der Waals surface area contributed by atoms with Crippen LogP contribution in [0.25, 0.3) is 0 Å². The molecule has 196 valence electrons. The van der Waals surface area contributed by atoms with Gasteiger partial charge in [-0.15, -0.1) is 0 Å². The Morgan fingerprint density at radius 3 is 2.21 bits per heavy atom. The van der Waals surface area contributed by atoms with Crippen molar-refractivity contribution >= 4 is 11.8 Å². The number of amides is 2. The van der Waals surface area contributed by atoms with Gasteiger partial charge in [0.25, 0.3) is 0 Å². The number of hydrogen-bond donors (Lipinski definition) is 3. The Morgan fingerprint density at radius 2 is 1.61 bits per heavy atom. The van der Waals surface area contributed by atoms with E-state index in [9.17, 15) is 14.0 Å². The van der Waals surface area contributed by atoms with E-state index in [0.717, 1.165) is 32.2 Å². The first-order valence-corrected chi connectivity index (χ1v) is 12.3. The molecule has 0 aliphatic rings. The molecular formula is C24H48FN3O5. The molecule has 3 atom stereocenters. The first-order valence-electron chi connectivity index (χ1n) is 12.3. The van der Waals surface area contributed by atoms with E-state index in [1.165, 1.54) is 0 Å². The molecule has 0 aromatic rings. The third kappa shape index (κ3) is 16.9. The Labute approximate surface area is 200 Å². The number of unbranched alkanes of at least 4 members (excludes halogenated alkanes) is 1. The van der Waals surface area contributed by atoms with E-state index < -0.39 is 11.8 Å². The SMILES string of the molecule is CCCCC(C)C(=O)NCC(F)C(C)(C)OCC(=O)NCCOCCOCCNC(C)CC. The van der Waals surface area contributed by atoms with E-state index in [0.29, 0.717) is 39.0 Å². The second kappa shape index (κ2) is 19.1. The Balaban J connectivity index is 3.84. The molecule has 0 rings (SSSR count). The smallest absolute Gasteiger partial charge is 0.246 e. The first-order chi connectivity index (χ1) is 15.6. The average Bonchev–Trinajstić information content (AvgIpc) is 2.80. The molecule has 8 nitrogen and oxygen atoms in total. The standard InChI is InChI=1S/C24H48FN3O5/c1-7-9-10-19(3)23(30)28-17-21(25)24(5,6)33-18-22(29)27-12-14-32-16-15-31-13-11-26-20(4)8-2/h19-21,26H,7-18H2,1-6H3,(H,27,29)(H,28,30). The summed E-state index contributed by atoms with van der Waals surface area (Å²) < 4.78 is 30.9. The van der Waals surface area contributed by atoms with Gasteiger partial charge in [-0.3, -0.25) is 9.59 Å². The van der Waals surface area contributed by atoms with Crippen molar-refractivity contribution < 1.29 is 28.2 Å². The third-order valence-electron chi connectivity index (χ3n) is 5.52. The van der Waals surface area contributed by atoms with Crippen LogP contribution in [-0.2, 0) is 23.8 Å². The van der Waals surface area contributed by atoms with E-state index in [4.69, 9.17) is 14.2 Å². The molecule has 0 fully saturated rings. The third-order valence-corrected chi connectivity index (χ3v) is 5.52. The topological polar surface area (TPSA) is 97.9 Å². The van der Waals surface area contributed by atoms with Crippen LogP contribution in [0, 0.1) is 5.92 Å². The van der Waals surface area contributed by atoms with E-state index in [-0.39, 0.29) is 30.9 Å². The molecule has 0 aromatic carbocycles. The maximum Gasteiger partial charge on any atom is 0.246 e. The van der Waals surface area contributed by atoms with Gasteiger partial charge in [0.15, 0.2) is 0 Å². The summed E-state index contributed by atoms with van der Waals surface area (Å²) in [6.45, 7) is 14.0. The molecule has 3 unspecified atom stereocenters. The van der Waals surface area contributed by atoms with E-state index in [2.05, 4.69) is 36.7 Å². The quantitative estimate of drug-likeness (QED) is 0.220. The summed E-state index contributed by atoms with van der Waals surface area (Å²) in [5.74, 6) is -0.649. The summed E-state index contributed by atoms with van der Waals surface area (Å²) >= 11 is 0. The molecule has 0 heterocycles. The van der Waals surface area contributed by atoms with Crippen LogP contribution in [0.3, 0.4) is 0 Å². The zero-order valence-electron chi connectivity index (χ0n) is 21.6. The largest absolute Gasteiger partial charge is 0.378 e. The summed E-state index contributed by atoms with van der Waals surface area (Å²) in [4.78, 5) is 24.0. The monoisotopic (exact) mass is 477 g/mol. The van der Waals surface area contributed by atoms with Crippen molar-refractivity contribution in [2.45, 2.75) is 85.0 Å². The number of halogens is 1. The van der Waals surface area contributed by atoms with Gasteiger partial charge >= 0.3 is 0 Å². The van der Waals surface area contributed by atoms with Crippen LogP contribution in [0.5, 0.6) is 0 Å². The van der Waals surface area contributed by atoms with Crippen LogP contribution in [-0.4, -0.2) is 82.3 Å². The van der Waals surface area contributed by atoms with Crippen molar-refractivity contribution in [1.82, 2.24) is 16.0 Å². The highest BCUT2D eigenvalue weighted by atomic mass is 19.1. The van der Waals surface area contributed by atoms with Gasteiger partial charge < -0.3 is 30.2 Å². The number of hydrogen-bond acceptors (Lipinski definition) is 6. The Hall–Kier alpha value is -1.29. The van der Waals surface area contributed by atoms with Crippen molar-refractivity contribution in [1.29, 1.82) is 0 Å². The van der Waals surface area contributed by atoms with Gasteiger partial charge in [0.1, 0.15) is 12.8 Å². The zero-order chi connectivity index (χ0) is 25.1. The molecule has 0 aromatic heterocycles. The maximum absolute atomic E-state index is 14.6. The van der Waals surface area contributed by atoms with Gasteiger partial charge in [-0.2, -0.15) is 0 Å². The van der Waals surface area contributed by atoms with E-state index in [1.54, 1.807) is 13.8 Å². The summed E-state index contributed by atoms with van der Waals surface area (Å²) in [5.41, 5.74) is -1.20. The molecule has 2 amide bonds. The number of carbonyl (C=O) groups is 2. The zero-order valence-corrected chi connectivity index (χ0v) is 21.6. The molecule has 0 saturated carbocycles. The van der Waals surface area contributed by atoms with E-state index in [1.807, 2.05) is 6.92 Å². The highest BCUT2D eigenvalue weighted by molar-refractivity contribution is 5.78. The molecule has 3 N–H and O–H groups in total. The van der Waals surface area contributed by atoms with Crippen LogP contribution in [0.1, 0.15) is 67.2 Å². The van der Waals surface area contributed by atoms with E-state index >= 15 is 0 Å². The molecule has 0 bridgehead atoms. The number of alkyl halides is 1. The Kier molecular flexibility index (Phi) is 18.3. The lowest BCUT2D eigenvalue weighted by atomic mass is 10.0. The maximum atomic E-state index is 14.6. The molecule has 0 saturated heterocycles. The van der Waals surface area contributed by atoms with Crippen molar-refractivity contribution in [2.24, 2.45) is 5.92 Å². The lowest BCUT2D eigenvalue weighted by molar-refractivity contribution is -0.137. The molecule has 0 spiro atoms. The minimum Gasteiger partial charge on any atom is -0.378 e. The van der Waals surface area contributed by atoms with Crippen LogP contribution in [0.4, 0.5) is 4.39 Å². The summed E-state index contributed by atoms with van der Waals surface area (Å²) in [6.07, 6.45) is 2.42. The van der Waals surface area contributed by atoms with Gasteiger partial charge in [-0.25, -0.2) is 4.39 Å². The fraction of sp³-hybridized carbons (Fsp3) is 0.917. The predicted octanol–water partition coefficient (Wildman–Crippen LogP) is 2.60. The minimum absolute atomic E-state index is 0.145. The van der Waals surface area contributed by atoms with Crippen LogP contribution < -0.4 is 16.0 Å². The summed E-state index contributed by atoms with van der Waals surface area (Å²) in [7, 11) is 0. The van der Waals surface area contributed by atoms with Crippen LogP contribution in [0.2, 0.25) is 0 Å². The lowest BCUT2D eigenvalue weighted by Gasteiger charge is -2.29. The van der Waals surface area contributed by atoms with Crippen molar-refractivity contribution in [2.75, 3.05) is 52.7 Å². The highest BCUT2D eigenvalue weighted by Gasteiger charge is 2.32. The first kappa shape index (κ1) is 31.7. The molecule has 33 heavy (non-hydrogen) atoms. The molecule has 0 aliphatic heterocycles. The number of rotatable bonds is 21. The fourth-order valence-electron chi connectivity index (χ4n) is 2.75. The number of carbonyl (C=O) groups excluding carboxylic acids is 2. The van der Waals surface area contributed by atoms with Crippen molar-refractivity contribution in [3.05, 3.63) is 0 Å². The number of nitrogens with one attached hydrogen (secondary N) is 3. The summed E-state index contributed by atoms with van der Waals surface area (Å²) in [6, 6.07) is 0.490. The van der Waals surface area contributed by atoms with Gasteiger partial charge in [0.2, 0.25) is 11.8 Å². The van der Waals surface area contributed by atoms with Gasteiger partial charge in [0, 0.05) is 25.0 Å². The minimum atomic E-state index is -1.43. The normalized spacial score (nSPS) is 14.5. The highest BCUT2D eigenvalue weighted by Crippen LogP contribution is 2.18. The van der Waals surface area contributed by atoms with Gasteiger partial charge in [0.05, 0.1) is 38.6 Å². The Morgan fingerprint density at radius 1 is 0.970 bits per heavy atom. The second-order valence-corrected chi connectivity index (χ2v) is 8.99. The summed E-state index contributed by atoms with van der Waals surface area (Å²) in [5, 5.41) is 8.66. The van der Waals surface area contributed by atoms with Gasteiger partial charge in [-0.1, -0.05) is 33.6 Å². The molecule has 9 heteroatoms. The Bertz CT molecular complexity index is 522. The van der Waals surface area contributed by atoms with Gasteiger partial charge in [-0.05, 0) is 33.6 Å².